The molecule has 2 N–H and O–H groups in total. The van der Waals surface area contributed by atoms with Crippen molar-refractivity contribution in [1.29, 1.82) is 0 Å². The van der Waals surface area contributed by atoms with Gasteiger partial charge in [-0.15, -0.1) is 0 Å². The van der Waals surface area contributed by atoms with Crippen LogP contribution in [0.4, 0.5) is 9.59 Å². The van der Waals surface area contributed by atoms with Crippen molar-refractivity contribution in [1.82, 2.24) is 10.6 Å². The standard InChI is InChI=1S/C13H18Cl6N2O6/c1-25-9(22)8(21-11(24)27-7-13(17,18)19)4-2-3-5-20-10(23)26-6-12(14,15)16/h8H,2-7H2,1H3,(H,20,23)(H,21,24)/t8-/m0/s1. The summed E-state index contributed by atoms with van der Waals surface area (Å²) in [4.78, 5) is 34.7. The van der Waals surface area contributed by atoms with Crippen LogP contribution in [0.2, 0.25) is 0 Å². The summed E-state index contributed by atoms with van der Waals surface area (Å²) in [6.07, 6.45) is -0.541. The lowest BCUT2D eigenvalue weighted by atomic mass is 10.1. The molecule has 0 aromatic carbocycles. The molecule has 0 radical (unpaired) electrons. The van der Waals surface area contributed by atoms with Crippen LogP contribution in [0.1, 0.15) is 19.3 Å². The molecule has 0 saturated carbocycles. The molecule has 0 aromatic heterocycles. The third-order valence-corrected chi connectivity index (χ3v) is 3.36. The first-order valence-electron chi connectivity index (χ1n) is 7.39. The van der Waals surface area contributed by atoms with Crippen molar-refractivity contribution >= 4 is 87.8 Å². The van der Waals surface area contributed by atoms with Gasteiger partial charge in [0.2, 0.25) is 7.59 Å². The summed E-state index contributed by atoms with van der Waals surface area (Å²) in [6, 6.07) is -0.964. The molecule has 27 heavy (non-hydrogen) atoms. The summed E-state index contributed by atoms with van der Waals surface area (Å²) < 4.78 is 10.5. The number of hydrogen-bond acceptors (Lipinski definition) is 6. The van der Waals surface area contributed by atoms with Crippen molar-refractivity contribution in [2.75, 3.05) is 26.9 Å². The van der Waals surface area contributed by atoms with Gasteiger partial charge in [0.15, 0.2) is 0 Å². The zero-order chi connectivity index (χ0) is 21.1. The van der Waals surface area contributed by atoms with Crippen LogP contribution in [0.5, 0.6) is 0 Å². The molecule has 0 unspecified atom stereocenters. The maximum Gasteiger partial charge on any atom is 0.407 e. The Bertz CT molecular complexity index is 497. The molecule has 1 atom stereocenters. The van der Waals surface area contributed by atoms with Crippen LogP contribution in [-0.4, -0.2) is 58.7 Å². The number of methoxy groups -OCH3 is 1. The Morgan fingerprint density at radius 1 is 0.889 bits per heavy atom. The summed E-state index contributed by atoms with van der Waals surface area (Å²) in [5, 5.41) is 4.75. The van der Waals surface area contributed by atoms with E-state index < -0.39 is 45.0 Å². The molecule has 0 bridgehead atoms. The molecular formula is C13H18Cl6N2O6. The van der Waals surface area contributed by atoms with Crippen molar-refractivity contribution in [3.63, 3.8) is 0 Å². The van der Waals surface area contributed by atoms with Crippen molar-refractivity contribution in [2.24, 2.45) is 0 Å². The van der Waals surface area contributed by atoms with E-state index in [-0.39, 0.29) is 13.0 Å². The minimum Gasteiger partial charge on any atom is -0.467 e. The van der Waals surface area contributed by atoms with E-state index >= 15 is 0 Å². The summed E-state index contributed by atoms with van der Waals surface area (Å²) in [6.45, 7) is -0.643. The van der Waals surface area contributed by atoms with Gasteiger partial charge in [-0.2, -0.15) is 0 Å². The number of ether oxygens (including phenoxy) is 3. The Labute approximate surface area is 186 Å². The van der Waals surface area contributed by atoms with Crippen LogP contribution in [0.15, 0.2) is 0 Å². The Morgan fingerprint density at radius 3 is 1.89 bits per heavy atom. The van der Waals surface area contributed by atoms with E-state index in [0.717, 1.165) is 0 Å². The first kappa shape index (κ1) is 26.8. The van der Waals surface area contributed by atoms with Crippen LogP contribution in [0.3, 0.4) is 0 Å². The molecule has 0 heterocycles. The number of alkyl carbamates (subject to hydrolysis) is 2. The van der Waals surface area contributed by atoms with E-state index in [1.807, 2.05) is 0 Å². The van der Waals surface area contributed by atoms with Crippen LogP contribution < -0.4 is 10.6 Å². The fourth-order valence-electron chi connectivity index (χ4n) is 1.58. The molecule has 0 spiro atoms. The molecule has 0 rings (SSSR count). The quantitative estimate of drug-likeness (QED) is 0.211. The number of hydrogen-bond donors (Lipinski definition) is 2. The predicted molar refractivity (Wildman–Crippen MR) is 104 cm³/mol. The molecule has 0 aliphatic carbocycles. The monoisotopic (exact) mass is 508 g/mol. The fourth-order valence-corrected chi connectivity index (χ4v) is 1.91. The smallest absolute Gasteiger partial charge is 0.407 e. The fraction of sp³-hybridized carbons (Fsp3) is 0.769. The van der Waals surface area contributed by atoms with Crippen molar-refractivity contribution in [3.05, 3.63) is 0 Å². The zero-order valence-electron chi connectivity index (χ0n) is 14.0. The first-order valence-corrected chi connectivity index (χ1v) is 9.66. The molecule has 158 valence electrons. The lowest BCUT2D eigenvalue weighted by molar-refractivity contribution is -0.143. The average molecular weight is 511 g/mol. The lowest BCUT2D eigenvalue weighted by Gasteiger charge is -2.18. The largest absolute Gasteiger partial charge is 0.467 e. The molecule has 0 aliphatic heterocycles. The number of nitrogens with one attached hydrogen (secondary N) is 2. The highest BCUT2D eigenvalue weighted by molar-refractivity contribution is 6.68. The van der Waals surface area contributed by atoms with E-state index in [1.54, 1.807) is 0 Å². The molecule has 0 fully saturated rings. The van der Waals surface area contributed by atoms with Gasteiger partial charge in [0.05, 0.1) is 7.11 Å². The SMILES string of the molecule is COC(=O)[C@H](CCCCNC(=O)OCC(Cl)(Cl)Cl)NC(=O)OCC(Cl)(Cl)Cl. The second-order valence-electron chi connectivity index (χ2n) is 5.03. The van der Waals surface area contributed by atoms with Gasteiger partial charge < -0.3 is 24.8 Å². The number of esters is 1. The summed E-state index contributed by atoms with van der Waals surface area (Å²) in [5.74, 6) is -0.670. The van der Waals surface area contributed by atoms with E-state index in [1.165, 1.54) is 7.11 Å². The molecule has 14 heteroatoms. The van der Waals surface area contributed by atoms with Gasteiger partial charge in [0.25, 0.3) is 0 Å². The Hall–Kier alpha value is -0.250. The Balaban J connectivity index is 4.16. The number of carbonyl (C=O) groups excluding carboxylic acids is 3. The highest BCUT2D eigenvalue weighted by Crippen LogP contribution is 2.26. The van der Waals surface area contributed by atoms with Gasteiger partial charge in [-0.05, 0) is 19.3 Å². The molecule has 8 nitrogen and oxygen atoms in total. The van der Waals surface area contributed by atoms with Crippen molar-refractivity contribution < 1.29 is 28.6 Å². The van der Waals surface area contributed by atoms with Gasteiger partial charge >= 0.3 is 18.2 Å². The van der Waals surface area contributed by atoms with Gasteiger partial charge in [0.1, 0.15) is 19.3 Å². The molecule has 2 amide bonds. The third kappa shape index (κ3) is 16.4. The second-order valence-corrected chi connectivity index (χ2v) is 10.1. The molecule has 0 aliphatic rings. The summed E-state index contributed by atoms with van der Waals surface area (Å²) >= 11 is 32.7. The molecular weight excluding hydrogens is 493 g/mol. The normalized spacial score (nSPS) is 12.7. The highest BCUT2D eigenvalue weighted by atomic mass is 35.6. The number of amides is 2. The summed E-state index contributed by atoms with van der Waals surface area (Å²) in [7, 11) is 1.17. The van der Waals surface area contributed by atoms with Gasteiger partial charge in [-0.3, -0.25) is 0 Å². The van der Waals surface area contributed by atoms with E-state index in [4.69, 9.17) is 69.6 Å². The Kier molecular flexibility index (Phi) is 12.9. The minimum absolute atomic E-state index is 0.223. The maximum absolute atomic E-state index is 11.7. The number of unbranched alkanes of at least 4 members (excludes halogenated alkanes) is 1. The van der Waals surface area contributed by atoms with Crippen LogP contribution in [0.25, 0.3) is 0 Å². The molecule has 0 aromatic rings. The number of rotatable bonds is 9. The second kappa shape index (κ2) is 13.1. The average Bonchev–Trinajstić information content (AvgIpc) is 2.54. The van der Waals surface area contributed by atoms with E-state index in [9.17, 15) is 14.4 Å². The van der Waals surface area contributed by atoms with Crippen molar-refractivity contribution in [3.8, 4) is 0 Å². The third-order valence-electron chi connectivity index (χ3n) is 2.70. The molecule has 0 saturated heterocycles. The first-order chi connectivity index (χ1) is 12.3. The van der Waals surface area contributed by atoms with Crippen LogP contribution in [-0.2, 0) is 19.0 Å². The van der Waals surface area contributed by atoms with Gasteiger partial charge in [-0.1, -0.05) is 69.6 Å². The Morgan fingerprint density at radius 2 is 1.41 bits per heavy atom. The van der Waals surface area contributed by atoms with Gasteiger partial charge in [0, 0.05) is 6.54 Å². The maximum atomic E-state index is 11.7. The van der Waals surface area contributed by atoms with E-state index in [2.05, 4.69) is 24.8 Å². The predicted octanol–water partition coefficient (Wildman–Crippen LogP) is 3.89. The lowest BCUT2D eigenvalue weighted by Crippen LogP contribution is -2.42. The number of halogens is 6. The van der Waals surface area contributed by atoms with Crippen molar-refractivity contribution in [2.45, 2.75) is 32.9 Å². The number of alkyl halides is 6. The summed E-state index contributed by atoms with van der Waals surface area (Å²) in [5.41, 5.74) is 0. The number of carbonyl (C=O) groups is 3. The topological polar surface area (TPSA) is 103 Å². The van der Waals surface area contributed by atoms with Crippen LogP contribution >= 0.6 is 69.6 Å². The van der Waals surface area contributed by atoms with Gasteiger partial charge in [-0.25, -0.2) is 14.4 Å². The van der Waals surface area contributed by atoms with E-state index in [0.29, 0.717) is 12.8 Å². The zero-order valence-corrected chi connectivity index (χ0v) is 18.6. The highest BCUT2D eigenvalue weighted by Gasteiger charge is 2.26. The minimum atomic E-state index is -1.77. The van der Waals surface area contributed by atoms with Crippen LogP contribution in [0, 0.1) is 0 Å².